The number of benzene rings is 2. The number of rotatable bonds is 8. The Morgan fingerprint density at radius 2 is 1.76 bits per heavy atom. The molecule has 42 heavy (non-hydrogen) atoms. The quantitative estimate of drug-likeness (QED) is 0.162. The molecule has 0 aliphatic heterocycles. The predicted octanol–water partition coefficient (Wildman–Crippen LogP) is 7.92. The molecule has 2 aromatic carbocycles. The van der Waals surface area contributed by atoms with Crippen LogP contribution in [-0.4, -0.2) is 21.5 Å². The molecule has 0 unspecified atom stereocenters. The van der Waals surface area contributed by atoms with Crippen molar-refractivity contribution in [1.29, 1.82) is 5.26 Å². The van der Waals surface area contributed by atoms with Gasteiger partial charge in [0.05, 0.1) is 29.1 Å². The number of anilines is 3. The second kappa shape index (κ2) is 12.0. The highest BCUT2D eigenvalue weighted by Gasteiger charge is 2.31. The second-order valence-corrected chi connectivity index (χ2v) is 10.9. The van der Waals surface area contributed by atoms with E-state index in [2.05, 4.69) is 20.6 Å². The number of halogens is 4. The third-order valence-electron chi connectivity index (χ3n) is 6.33. The minimum absolute atomic E-state index is 0.0581. The van der Waals surface area contributed by atoms with Crippen molar-refractivity contribution in [2.24, 2.45) is 5.92 Å². The molecule has 0 spiro atoms. The van der Waals surface area contributed by atoms with E-state index >= 15 is 4.39 Å². The summed E-state index contributed by atoms with van der Waals surface area (Å²) in [5, 5.41) is 16.5. The van der Waals surface area contributed by atoms with Crippen LogP contribution < -0.4 is 10.6 Å². The number of pyridine rings is 2. The van der Waals surface area contributed by atoms with E-state index in [0.717, 1.165) is 29.1 Å². The summed E-state index contributed by atoms with van der Waals surface area (Å²) < 4.78 is 60.3. The van der Waals surface area contributed by atoms with Gasteiger partial charge in [0.2, 0.25) is 0 Å². The van der Waals surface area contributed by atoms with E-state index in [0.29, 0.717) is 11.3 Å². The Bertz CT molecular complexity index is 1630. The standard InChI is InChI=1S/C31H29F4N5O2/c1-18(14-26(41)42-30(2,3)4)27(19-7-9-22(10-8-19)31(33,34)35)39-29-24(32)16-21(17-36)28(40-29)38-23-11-12-25-20(15-23)6-5-13-37-25/h5-13,15-16,18,27H,14H2,1-4H3,(H2,38,39,40)/t18-,27+/m1/s1. The first-order chi connectivity index (χ1) is 19.7. The van der Waals surface area contributed by atoms with Crippen LogP contribution in [0.3, 0.4) is 0 Å². The fraction of sp³-hybridized carbons (Fsp3) is 0.290. The van der Waals surface area contributed by atoms with Crippen LogP contribution in [0.4, 0.5) is 34.9 Å². The van der Waals surface area contributed by atoms with Crippen molar-refractivity contribution in [2.75, 3.05) is 10.6 Å². The normalized spacial score (nSPS) is 13.2. The summed E-state index contributed by atoms with van der Waals surface area (Å²) >= 11 is 0. The zero-order chi connectivity index (χ0) is 30.7. The number of nitriles is 1. The Kier molecular flexibility index (Phi) is 8.66. The van der Waals surface area contributed by atoms with Crippen molar-refractivity contribution >= 4 is 34.2 Å². The molecule has 4 rings (SSSR count). The first-order valence-corrected chi connectivity index (χ1v) is 13.1. The Morgan fingerprint density at radius 3 is 2.40 bits per heavy atom. The van der Waals surface area contributed by atoms with Crippen molar-refractivity contribution in [3.8, 4) is 6.07 Å². The SMILES string of the molecule is C[C@H](CC(=O)OC(C)(C)C)[C@H](Nc1nc(Nc2ccc3ncccc3c2)c(C#N)cc1F)c1ccc(C(F)(F)F)cc1. The van der Waals surface area contributed by atoms with Gasteiger partial charge in [0, 0.05) is 17.3 Å². The number of nitrogens with one attached hydrogen (secondary N) is 2. The summed E-state index contributed by atoms with van der Waals surface area (Å²) in [6.45, 7) is 6.86. The van der Waals surface area contributed by atoms with E-state index in [1.54, 1.807) is 58.2 Å². The van der Waals surface area contributed by atoms with Crippen LogP contribution in [0.2, 0.25) is 0 Å². The smallest absolute Gasteiger partial charge is 0.416 e. The molecular weight excluding hydrogens is 550 g/mol. The molecule has 2 N–H and O–H groups in total. The summed E-state index contributed by atoms with van der Waals surface area (Å²) in [5.74, 6) is -2.11. The van der Waals surface area contributed by atoms with Gasteiger partial charge >= 0.3 is 12.1 Å². The van der Waals surface area contributed by atoms with E-state index in [1.807, 2.05) is 12.1 Å². The highest BCUT2D eigenvalue weighted by atomic mass is 19.4. The molecule has 0 aliphatic carbocycles. The molecule has 0 radical (unpaired) electrons. The Morgan fingerprint density at radius 1 is 1.05 bits per heavy atom. The number of hydrogen-bond donors (Lipinski definition) is 2. The minimum Gasteiger partial charge on any atom is -0.460 e. The second-order valence-electron chi connectivity index (χ2n) is 10.9. The predicted molar refractivity (Wildman–Crippen MR) is 151 cm³/mol. The summed E-state index contributed by atoms with van der Waals surface area (Å²) in [4.78, 5) is 21.2. The highest BCUT2D eigenvalue weighted by Crippen LogP contribution is 2.35. The lowest BCUT2D eigenvalue weighted by Gasteiger charge is -2.28. The van der Waals surface area contributed by atoms with Gasteiger partial charge in [0.1, 0.15) is 11.7 Å². The molecule has 7 nitrogen and oxygen atoms in total. The van der Waals surface area contributed by atoms with Crippen LogP contribution in [0, 0.1) is 23.1 Å². The summed E-state index contributed by atoms with van der Waals surface area (Å²) in [7, 11) is 0. The van der Waals surface area contributed by atoms with Crippen LogP contribution >= 0.6 is 0 Å². The van der Waals surface area contributed by atoms with Crippen molar-refractivity contribution in [3.63, 3.8) is 0 Å². The maximum atomic E-state index is 15.3. The topological polar surface area (TPSA) is 99.9 Å². The van der Waals surface area contributed by atoms with Crippen LogP contribution in [-0.2, 0) is 15.7 Å². The number of hydrogen-bond acceptors (Lipinski definition) is 7. The number of aromatic nitrogens is 2. The molecule has 2 heterocycles. The molecule has 0 fully saturated rings. The van der Waals surface area contributed by atoms with Crippen molar-refractivity contribution in [3.05, 3.63) is 89.4 Å². The Balaban J connectivity index is 1.69. The lowest BCUT2D eigenvalue weighted by molar-refractivity contribution is -0.156. The fourth-order valence-electron chi connectivity index (χ4n) is 4.41. The summed E-state index contributed by atoms with van der Waals surface area (Å²) in [6.07, 6.45) is -2.98. The van der Waals surface area contributed by atoms with Crippen LogP contribution in [0.5, 0.6) is 0 Å². The van der Waals surface area contributed by atoms with E-state index in [9.17, 15) is 23.2 Å². The average Bonchev–Trinajstić information content (AvgIpc) is 2.91. The Hall–Kier alpha value is -4.72. The van der Waals surface area contributed by atoms with Gasteiger partial charge in [0.25, 0.3) is 0 Å². The molecule has 0 bridgehead atoms. The van der Waals surface area contributed by atoms with E-state index < -0.39 is 41.1 Å². The number of nitrogens with zero attached hydrogens (tertiary/aromatic N) is 3. The van der Waals surface area contributed by atoms with Crippen LogP contribution in [0.25, 0.3) is 10.9 Å². The Labute approximate surface area is 240 Å². The number of ether oxygens (including phenoxy) is 1. The minimum atomic E-state index is -4.54. The van der Waals surface area contributed by atoms with E-state index in [-0.39, 0.29) is 23.6 Å². The van der Waals surface area contributed by atoms with Gasteiger partial charge in [0.15, 0.2) is 17.5 Å². The number of carbonyl (C=O) groups is 1. The van der Waals surface area contributed by atoms with Crippen molar-refractivity contribution in [2.45, 2.75) is 51.9 Å². The van der Waals surface area contributed by atoms with Gasteiger partial charge in [-0.25, -0.2) is 9.37 Å². The lowest BCUT2D eigenvalue weighted by Crippen LogP contribution is -2.28. The third-order valence-corrected chi connectivity index (χ3v) is 6.33. The molecule has 2 aromatic heterocycles. The first-order valence-electron chi connectivity index (χ1n) is 13.1. The number of alkyl halides is 3. The molecule has 0 amide bonds. The summed E-state index contributed by atoms with van der Waals surface area (Å²) in [6, 6.07) is 15.5. The van der Waals surface area contributed by atoms with Gasteiger partial charge in [-0.15, -0.1) is 0 Å². The summed E-state index contributed by atoms with van der Waals surface area (Å²) in [5.41, 5.74) is 0.0720. The van der Waals surface area contributed by atoms with E-state index in [1.165, 1.54) is 12.1 Å². The monoisotopic (exact) mass is 579 g/mol. The molecule has 0 saturated heterocycles. The number of esters is 1. The van der Waals surface area contributed by atoms with Crippen LogP contribution in [0.1, 0.15) is 56.8 Å². The molecule has 2 atom stereocenters. The number of fused-ring (bicyclic) bond motifs is 1. The van der Waals surface area contributed by atoms with Gasteiger partial charge in [-0.05, 0) is 74.7 Å². The first kappa shape index (κ1) is 30.2. The van der Waals surface area contributed by atoms with Crippen molar-refractivity contribution in [1.82, 2.24) is 9.97 Å². The average molecular weight is 580 g/mol. The van der Waals surface area contributed by atoms with Gasteiger partial charge in [-0.2, -0.15) is 18.4 Å². The molecule has 218 valence electrons. The molecule has 11 heteroatoms. The molecule has 4 aromatic rings. The fourth-order valence-corrected chi connectivity index (χ4v) is 4.41. The lowest BCUT2D eigenvalue weighted by atomic mass is 9.91. The van der Waals surface area contributed by atoms with Gasteiger partial charge < -0.3 is 15.4 Å². The zero-order valence-corrected chi connectivity index (χ0v) is 23.4. The zero-order valence-electron chi connectivity index (χ0n) is 23.4. The maximum Gasteiger partial charge on any atom is 0.416 e. The molecule has 0 aliphatic rings. The highest BCUT2D eigenvalue weighted by molar-refractivity contribution is 5.83. The largest absolute Gasteiger partial charge is 0.460 e. The molecule has 0 saturated carbocycles. The van der Waals surface area contributed by atoms with Gasteiger partial charge in [-0.1, -0.05) is 25.1 Å². The number of carbonyl (C=O) groups excluding carboxylic acids is 1. The van der Waals surface area contributed by atoms with Gasteiger partial charge in [-0.3, -0.25) is 9.78 Å². The maximum absolute atomic E-state index is 15.3. The molecular formula is C31H29F4N5O2. The third kappa shape index (κ3) is 7.51. The van der Waals surface area contributed by atoms with Crippen molar-refractivity contribution < 1.29 is 27.1 Å². The van der Waals surface area contributed by atoms with Crippen LogP contribution in [0.15, 0.2) is 66.9 Å². The van der Waals surface area contributed by atoms with E-state index in [4.69, 9.17) is 4.74 Å².